The Balaban J connectivity index is 1.68. The Kier molecular flexibility index (Phi) is 5.61. The highest BCUT2D eigenvalue weighted by Gasteiger charge is 2.22. The van der Waals surface area contributed by atoms with E-state index in [0.717, 1.165) is 28.3 Å². The fourth-order valence-electron chi connectivity index (χ4n) is 3.51. The number of para-hydroxylation sites is 2. The standard InChI is InChI=1S/C25H23N3O2/c1-18-17-22(27-28(18)20-13-7-4-8-14-20)25(29)26-24(19-11-5-3-6-12-19)21-15-9-10-16-23(21)30-2/h3-17,24H,1-2H3,(H,26,29). The molecule has 0 aliphatic carbocycles. The van der Waals surface area contributed by atoms with Gasteiger partial charge in [-0.15, -0.1) is 0 Å². The second-order valence-electron chi connectivity index (χ2n) is 6.98. The van der Waals surface area contributed by atoms with Crippen LogP contribution in [0.3, 0.4) is 0 Å². The normalized spacial score (nSPS) is 11.7. The summed E-state index contributed by atoms with van der Waals surface area (Å²) in [6.07, 6.45) is 0. The third-order valence-corrected chi connectivity index (χ3v) is 4.98. The van der Waals surface area contributed by atoms with Gasteiger partial charge in [-0.2, -0.15) is 5.10 Å². The van der Waals surface area contributed by atoms with Crippen LogP contribution in [0.4, 0.5) is 0 Å². The van der Waals surface area contributed by atoms with E-state index in [1.807, 2.05) is 91.9 Å². The Bertz CT molecular complexity index is 1140. The molecule has 0 radical (unpaired) electrons. The van der Waals surface area contributed by atoms with Gasteiger partial charge in [-0.3, -0.25) is 4.79 Å². The summed E-state index contributed by atoms with van der Waals surface area (Å²) in [4.78, 5) is 13.2. The molecule has 1 amide bonds. The Morgan fingerprint density at radius 2 is 1.57 bits per heavy atom. The first-order chi connectivity index (χ1) is 14.7. The van der Waals surface area contributed by atoms with Crippen molar-refractivity contribution in [3.63, 3.8) is 0 Å². The van der Waals surface area contributed by atoms with Gasteiger partial charge >= 0.3 is 0 Å². The van der Waals surface area contributed by atoms with Crippen LogP contribution in [0.25, 0.3) is 5.69 Å². The molecule has 150 valence electrons. The fourth-order valence-corrected chi connectivity index (χ4v) is 3.51. The minimum absolute atomic E-state index is 0.243. The van der Waals surface area contributed by atoms with Crippen molar-refractivity contribution in [2.75, 3.05) is 7.11 Å². The van der Waals surface area contributed by atoms with Gasteiger partial charge in [0.15, 0.2) is 5.69 Å². The molecule has 30 heavy (non-hydrogen) atoms. The lowest BCUT2D eigenvalue weighted by atomic mass is 9.97. The molecule has 4 rings (SSSR count). The van der Waals surface area contributed by atoms with E-state index in [1.165, 1.54) is 0 Å². The fraction of sp³-hybridized carbons (Fsp3) is 0.120. The number of ether oxygens (including phenoxy) is 1. The van der Waals surface area contributed by atoms with E-state index in [2.05, 4.69) is 10.4 Å². The zero-order valence-corrected chi connectivity index (χ0v) is 16.9. The molecular weight excluding hydrogens is 374 g/mol. The SMILES string of the molecule is COc1ccccc1C(NC(=O)c1cc(C)n(-c2ccccc2)n1)c1ccccc1. The highest BCUT2D eigenvalue weighted by atomic mass is 16.5. The van der Waals surface area contributed by atoms with Crippen molar-refractivity contribution in [2.24, 2.45) is 0 Å². The average molecular weight is 397 g/mol. The summed E-state index contributed by atoms with van der Waals surface area (Å²) in [5.41, 5.74) is 4.03. The smallest absolute Gasteiger partial charge is 0.272 e. The van der Waals surface area contributed by atoms with E-state index in [-0.39, 0.29) is 11.9 Å². The van der Waals surface area contributed by atoms with Gasteiger partial charge in [-0.05, 0) is 36.8 Å². The number of rotatable bonds is 6. The van der Waals surface area contributed by atoms with Crippen molar-refractivity contribution in [3.05, 3.63) is 114 Å². The van der Waals surface area contributed by atoms with Gasteiger partial charge in [-0.1, -0.05) is 66.7 Å². The zero-order valence-electron chi connectivity index (χ0n) is 16.9. The number of hydrogen-bond donors (Lipinski definition) is 1. The molecule has 4 aromatic rings. The maximum atomic E-state index is 13.2. The second-order valence-corrected chi connectivity index (χ2v) is 6.98. The molecule has 1 N–H and O–H groups in total. The van der Waals surface area contributed by atoms with Crippen LogP contribution in [-0.2, 0) is 0 Å². The molecule has 0 bridgehead atoms. The van der Waals surface area contributed by atoms with Crippen molar-refractivity contribution in [1.82, 2.24) is 15.1 Å². The van der Waals surface area contributed by atoms with E-state index < -0.39 is 0 Å². The highest BCUT2D eigenvalue weighted by molar-refractivity contribution is 5.93. The molecule has 1 atom stereocenters. The number of nitrogens with one attached hydrogen (secondary N) is 1. The number of amides is 1. The van der Waals surface area contributed by atoms with Crippen LogP contribution in [0, 0.1) is 6.92 Å². The van der Waals surface area contributed by atoms with E-state index in [9.17, 15) is 4.79 Å². The lowest BCUT2D eigenvalue weighted by Crippen LogP contribution is -2.30. The Morgan fingerprint density at radius 1 is 0.933 bits per heavy atom. The van der Waals surface area contributed by atoms with Crippen LogP contribution >= 0.6 is 0 Å². The van der Waals surface area contributed by atoms with E-state index >= 15 is 0 Å². The molecule has 1 heterocycles. The molecule has 1 unspecified atom stereocenters. The van der Waals surface area contributed by atoms with Crippen LogP contribution in [-0.4, -0.2) is 22.8 Å². The Hall–Kier alpha value is -3.86. The van der Waals surface area contributed by atoms with Crippen molar-refractivity contribution in [2.45, 2.75) is 13.0 Å². The number of carbonyl (C=O) groups is 1. The van der Waals surface area contributed by atoms with Gasteiger partial charge in [0.1, 0.15) is 5.75 Å². The van der Waals surface area contributed by atoms with Crippen LogP contribution < -0.4 is 10.1 Å². The minimum Gasteiger partial charge on any atom is -0.496 e. The van der Waals surface area contributed by atoms with Gasteiger partial charge in [-0.25, -0.2) is 4.68 Å². The lowest BCUT2D eigenvalue weighted by molar-refractivity contribution is 0.0937. The molecule has 1 aromatic heterocycles. The molecule has 0 fully saturated rings. The number of methoxy groups -OCH3 is 1. The summed E-state index contributed by atoms with van der Waals surface area (Å²) in [5.74, 6) is 0.477. The van der Waals surface area contributed by atoms with Crippen LogP contribution in [0.15, 0.2) is 91.0 Å². The van der Waals surface area contributed by atoms with Gasteiger partial charge in [0, 0.05) is 11.3 Å². The molecule has 3 aromatic carbocycles. The van der Waals surface area contributed by atoms with Crippen molar-refractivity contribution in [3.8, 4) is 11.4 Å². The second kappa shape index (κ2) is 8.66. The summed E-state index contributed by atoms with van der Waals surface area (Å²) in [6, 6.07) is 28.8. The van der Waals surface area contributed by atoms with Crippen molar-refractivity contribution < 1.29 is 9.53 Å². The molecule has 0 saturated heterocycles. The van der Waals surface area contributed by atoms with Crippen LogP contribution in [0.1, 0.15) is 33.4 Å². The highest BCUT2D eigenvalue weighted by Crippen LogP contribution is 2.30. The molecule has 0 spiro atoms. The average Bonchev–Trinajstić information content (AvgIpc) is 3.20. The summed E-state index contributed by atoms with van der Waals surface area (Å²) in [7, 11) is 1.63. The van der Waals surface area contributed by atoms with Gasteiger partial charge in [0.2, 0.25) is 0 Å². The number of carbonyl (C=O) groups excluding carboxylic acids is 1. The number of aromatic nitrogens is 2. The summed E-state index contributed by atoms with van der Waals surface area (Å²) in [5, 5.41) is 7.67. The quantitative estimate of drug-likeness (QED) is 0.513. The monoisotopic (exact) mass is 397 g/mol. The first-order valence-electron chi connectivity index (χ1n) is 9.78. The number of benzene rings is 3. The Morgan fingerprint density at radius 3 is 2.27 bits per heavy atom. The molecule has 0 saturated carbocycles. The summed E-state index contributed by atoms with van der Waals surface area (Å²) in [6.45, 7) is 1.94. The summed E-state index contributed by atoms with van der Waals surface area (Å²) < 4.78 is 7.32. The third kappa shape index (κ3) is 3.96. The number of aryl methyl sites for hydroxylation is 1. The molecule has 5 nitrogen and oxygen atoms in total. The molecule has 0 aliphatic heterocycles. The van der Waals surface area contributed by atoms with Gasteiger partial charge < -0.3 is 10.1 Å². The molecule has 0 aliphatic rings. The number of nitrogens with zero attached hydrogens (tertiary/aromatic N) is 2. The van der Waals surface area contributed by atoms with Gasteiger partial charge in [0.05, 0.1) is 18.8 Å². The van der Waals surface area contributed by atoms with Crippen LogP contribution in [0.2, 0.25) is 0 Å². The predicted octanol–water partition coefficient (Wildman–Crippen LogP) is 4.71. The van der Waals surface area contributed by atoms with Crippen molar-refractivity contribution in [1.29, 1.82) is 0 Å². The lowest BCUT2D eigenvalue weighted by Gasteiger charge is -2.21. The largest absolute Gasteiger partial charge is 0.496 e. The molecule has 5 heteroatoms. The Labute approximate surface area is 175 Å². The first-order valence-corrected chi connectivity index (χ1v) is 9.78. The zero-order chi connectivity index (χ0) is 20.9. The van der Waals surface area contributed by atoms with E-state index in [4.69, 9.17) is 4.74 Å². The van der Waals surface area contributed by atoms with E-state index in [0.29, 0.717) is 5.69 Å². The van der Waals surface area contributed by atoms with E-state index in [1.54, 1.807) is 17.9 Å². The summed E-state index contributed by atoms with van der Waals surface area (Å²) >= 11 is 0. The maximum Gasteiger partial charge on any atom is 0.272 e. The number of hydrogen-bond acceptors (Lipinski definition) is 3. The van der Waals surface area contributed by atoms with Crippen LogP contribution in [0.5, 0.6) is 5.75 Å². The first kappa shape index (κ1) is 19.5. The maximum absolute atomic E-state index is 13.2. The molecular formula is C25H23N3O2. The predicted molar refractivity (Wildman–Crippen MR) is 117 cm³/mol. The van der Waals surface area contributed by atoms with Gasteiger partial charge in [0.25, 0.3) is 5.91 Å². The minimum atomic E-state index is -0.364. The van der Waals surface area contributed by atoms with Crippen molar-refractivity contribution >= 4 is 5.91 Å². The third-order valence-electron chi connectivity index (χ3n) is 4.98. The topological polar surface area (TPSA) is 56.1 Å².